The second-order valence-corrected chi connectivity index (χ2v) is 7.78. The minimum Gasteiger partial charge on any atom is -0.450 e. The topological polar surface area (TPSA) is 102 Å². The third kappa shape index (κ3) is 3.56. The van der Waals surface area contributed by atoms with Crippen LogP contribution in [0.15, 0.2) is 11.1 Å². The van der Waals surface area contributed by atoms with Gasteiger partial charge in [-0.25, -0.2) is 17.5 Å². The summed E-state index contributed by atoms with van der Waals surface area (Å²) in [6.45, 7) is 2.68. The molecule has 0 radical (unpaired) electrons. The number of nitrogens with one attached hydrogen (secondary N) is 1. The molecule has 9 heteroatoms. The molecule has 2 rings (SSSR count). The van der Waals surface area contributed by atoms with E-state index in [4.69, 9.17) is 9.47 Å². The van der Waals surface area contributed by atoms with Crippen molar-refractivity contribution < 1.29 is 27.5 Å². The summed E-state index contributed by atoms with van der Waals surface area (Å²) >= 11 is 0. The van der Waals surface area contributed by atoms with Crippen LogP contribution in [0.3, 0.4) is 0 Å². The highest BCUT2D eigenvalue weighted by molar-refractivity contribution is 7.88. The molecule has 23 heavy (non-hydrogen) atoms. The van der Waals surface area contributed by atoms with Crippen molar-refractivity contribution in [3.63, 3.8) is 0 Å². The second kappa shape index (κ2) is 6.58. The summed E-state index contributed by atoms with van der Waals surface area (Å²) < 4.78 is 34.9. The highest BCUT2D eigenvalue weighted by Crippen LogP contribution is 2.41. The van der Waals surface area contributed by atoms with E-state index in [-0.39, 0.29) is 37.4 Å². The molecule has 0 aromatic heterocycles. The van der Waals surface area contributed by atoms with E-state index < -0.39 is 21.6 Å². The summed E-state index contributed by atoms with van der Waals surface area (Å²) in [6, 6.07) is 0. The van der Waals surface area contributed by atoms with Crippen molar-refractivity contribution in [3.8, 4) is 0 Å². The van der Waals surface area contributed by atoms with Crippen molar-refractivity contribution in [1.29, 1.82) is 0 Å². The number of esters is 1. The minimum absolute atomic E-state index is 0.217. The Bertz CT molecular complexity index is 632. The lowest BCUT2D eigenvalue weighted by atomic mass is 9.83. The van der Waals surface area contributed by atoms with Crippen LogP contribution < -0.4 is 5.32 Å². The quantitative estimate of drug-likeness (QED) is 0.528. The van der Waals surface area contributed by atoms with Crippen LogP contribution in [0.2, 0.25) is 0 Å². The third-order valence-corrected chi connectivity index (χ3v) is 5.55. The maximum atomic E-state index is 12.4. The summed E-state index contributed by atoms with van der Waals surface area (Å²) in [7, 11) is -1.77. The average molecular weight is 346 g/mol. The smallest absolute Gasteiger partial charge is 0.335 e. The van der Waals surface area contributed by atoms with E-state index in [1.807, 2.05) is 0 Å². The summed E-state index contributed by atoms with van der Waals surface area (Å²) in [4.78, 5) is 24.4. The predicted molar refractivity (Wildman–Crippen MR) is 82.1 cm³/mol. The number of sulfonamides is 1. The Morgan fingerprint density at radius 1 is 1.39 bits per heavy atom. The third-order valence-electron chi connectivity index (χ3n) is 4.24. The molecule has 0 atom stereocenters. The molecule has 1 amide bonds. The first-order valence-electron chi connectivity index (χ1n) is 7.38. The van der Waals surface area contributed by atoms with Crippen molar-refractivity contribution in [2.24, 2.45) is 0 Å². The van der Waals surface area contributed by atoms with Crippen LogP contribution in [0.5, 0.6) is 0 Å². The van der Waals surface area contributed by atoms with Crippen molar-refractivity contribution in [2.45, 2.75) is 25.4 Å². The fourth-order valence-corrected chi connectivity index (χ4v) is 3.86. The van der Waals surface area contributed by atoms with Gasteiger partial charge in [0.1, 0.15) is 5.60 Å². The summed E-state index contributed by atoms with van der Waals surface area (Å²) in [5.74, 6) is -0.882. The lowest BCUT2D eigenvalue weighted by Crippen LogP contribution is -2.50. The summed E-state index contributed by atoms with van der Waals surface area (Å²) in [5, 5.41) is 2.70. The number of methoxy groups -OCH3 is 1. The molecular formula is C14H22N2O6S. The fourth-order valence-electron chi connectivity index (χ4n) is 3.01. The number of hydrogen-bond donors (Lipinski definition) is 1. The molecule has 1 N–H and O–H groups in total. The van der Waals surface area contributed by atoms with Gasteiger partial charge in [0, 0.05) is 45.2 Å². The Labute approximate surface area is 135 Å². The van der Waals surface area contributed by atoms with E-state index in [1.165, 1.54) is 11.4 Å². The first-order chi connectivity index (χ1) is 10.7. The molecule has 0 aliphatic carbocycles. The van der Waals surface area contributed by atoms with Gasteiger partial charge in [0.15, 0.2) is 0 Å². The number of amides is 1. The molecule has 8 nitrogen and oxygen atoms in total. The van der Waals surface area contributed by atoms with E-state index >= 15 is 0 Å². The number of rotatable bonds is 5. The largest absolute Gasteiger partial charge is 0.450 e. The second-order valence-electron chi connectivity index (χ2n) is 5.79. The zero-order valence-corrected chi connectivity index (χ0v) is 14.4. The fraction of sp³-hybridized carbons (Fsp3) is 0.714. The molecule has 2 heterocycles. The number of ether oxygens (including phenoxy) is 2. The molecule has 0 unspecified atom stereocenters. The van der Waals surface area contributed by atoms with Crippen LogP contribution in [0, 0.1) is 0 Å². The van der Waals surface area contributed by atoms with Crippen molar-refractivity contribution >= 4 is 21.9 Å². The lowest BCUT2D eigenvalue weighted by molar-refractivity contribution is -0.150. The van der Waals surface area contributed by atoms with Gasteiger partial charge in [0.25, 0.3) is 5.91 Å². The molecule has 0 aromatic carbocycles. The highest BCUT2D eigenvalue weighted by Gasteiger charge is 2.51. The van der Waals surface area contributed by atoms with Gasteiger partial charge in [-0.3, -0.25) is 4.79 Å². The van der Waals surface area contributed by atoms with Crippen LogP contribution in [0.25, 0.3) is 0 Å². The van der Waals surface area contributed by atoms with E-state index in [0.29, 0.717) is 18.7 Å². The number of carbonyl (C=O) groups excluding carboxylic acids is 2. The van der Waals surface area contributed by atoms with Crippen LogP contribution in [0.4, 0.5) is 0 Å². The zero-order valence-electron chi connectivity index (χ0n) is 13.5. The molecule has 2 aliphatic heterocycles. The predicted octanol–water partition coefficient (Wildman–Crippen LogP) is -0.583. The van der Waals surface area contributed by atoms with Gasteiger partial charge in [-0.1, -0.05) is 0 Å². The van der Waals surface area contributed by atoms with E-state index in [1.54, 1.807) is 6.92 Å². The Kier molecular flexibility index (Phi) is 5.12. The van der Waals surface area contributed by atoms with Crippen molar-refractivity contribution in [3.05, 3.63) is 11.1 Å². The normalized spacial score (nSPS) is 21.6. The Morgan fingerprint density at radius 3 is 2.52 bits per heavy atom. The van der Waals surface area contributed by atoms with Gasteiger partial charge >= 0.3 is 5.97 Å². The molecular weight excluding hydrogens is 324 g/mol. The molecule has 1 fully saturated rings. The molecule has 0 bridgehead atoms. The van der Waals surface area contributed by atoms with Crippen LogP contribution in [-0.4, -0.2) is 69.8 Å². The van der Waals surface area contributed by atoms with Gasteiger partial charge < -0.3 is 14.8 Å². The van der Waals surface area contributed by atoms with Crippen LogP contribution in [-0.2, 0) is 29.1 Å². The summed E-state index contributed by atoms with van der Waals surface area (Å²) in [6.07, 6.45) is 1.69. The molecule has 0 aromatic rings. The molecule has 2 aliphatic rings. The lowest BCUT2D eigenvalue weighted by Gasteiger charge is -2.38. The zero-order chi connectivity index (χ0) is 17.3. The Hall–Kier alpha value is -1.45. The molecule has 0 saturated carbocycles. The highest BCUT2D eigenvalue weighted by atomic mass is 32.2. The molecule has 1 saturated heterocycles. The summed E-state index contributed by atoms with van der Waals surface area (Å²) in [5.41, 5.74) is -0.432. The van der Waals surface area contributed by atoms with Crippen LogP contribution >= 0.6 is 0 Å². The number of carbonyl (C=O) groups is 2. The van der Waals surface area contributed by atoms with E-state index in [0.717, 1.165) is 6.26 Å². The van der Waals surface area contributed by atoms with Crippen molar-refractivity contribution in [1.82, 2.24) is 9.62 Å². The molecule has 1 spiro atoms. The standard InChI is InChI=1S/C14H22N2O6S/c1-10-11(12(17)15-6-9-21-2)14(22-13(10)18)4-7-16(8-5-14)23(3,19)20/h4-9H2,1-3H3,(H,15,17). The average Bonchev–Trinajstić information content (AvgIpc) is 2.69. The SMILES string of the molecule is COCCNC(=O)C1=C(C)C(=O)OC12CCN(S(C)(=O)=O)CC2. The van der Waals surface area contributed by atoms with Crippen molar-refractivity contribution in [2.75, 3.05) is 39.6 Å². The van der Waals surface area contributed by atoms with Crippen LogP contribution in [0.1, 0.15) is 19.8 Å². The van der Waals surface area contributed by atoms with E-state index in [2.05, 4.69) is 5.32 Å². The Balaban J connectivity index is 2.18. The molecule has 130 valence electrons. The number of piperidine rings is 1. The minimum atomic E-state index is -3.29. The van der Waals surface area contributed by atoms with Gasteiger partial charge in [-0.05, 0) is 6.92 Å². The van der Waals surface area contributed by atoms with E-state index in [9.17, 15) is 18.0 Å². The monoisotopic (exact) mass is 346 g/mol. The first-order valence-corrected chi connectivity index (χ1v) is 9.23. The maximum Gasteiger partial charge on any atom is 0.335 e. The first kappa shape index (κ1) is 17.9. The maximum absolute atomic E-state index is 12.4. The van der Waals surface area contributed by atoms with Gasteiger partial charge in [-0.2, -0.15) is 0 Å². The number of hydrogen-bond acceptors (Lipinski definition) is 6. The van der Waals surface area contributed by atoms with Gasteiger partial charge in [0.05, 0.1) is 18.4 Å². The number of nitrogens with zero attached hydrogens (tertiary/aromatic N) is 1. The van der Waals surface area contributed by atoms with Gasteiger partial charge in [-0.15, -0.1) is 0 Å². The Morgan fingerprint density at radius 2 is 2.00 bits per heavy atom. The van der Waals surface area contributed by atoms with Gasteiger partial charge in [0.2, 0.25) is 10.0 Å².